The van der Waals surface area contributed by atoms with Crippen LogP contribution in [0.15, 0.2) is 72.8 Å². The Morgan fingerprint density at radius 1 is 0.912 bits per heavy atom. The van der Waals surface area contributed by atoms with Crippen molar-refractivity contribution in [2.45, 2.75) is 45.3 Å². The fourth-order valence-electron chi connectivity index (χ4n) is 4.99. The first kappa shape index (κ1) is 22.5. The average molecular weight is 457 g/mol. The molecule has 0 radical (unpaired) electrons. The summed E-state index contributed by atoms with van der Waals surface area (Å²) in [5, 5.41) is 3.15. The quantitative estimate of drug-likeness (QED) is 0.528. The van der Waals surface area contributed by atoms with Gasteiger partial charge in [-0.15, -0.1) is 0 Å². The summed E-state index contributed by atoms with van der Waals surface area (Å²) in [5.41, 5.74) is 4.99. The minimum atomic E-state index is -0.0242. The van der Waals surface area contributed by atoms with E-state index in [2.05, 4.69) is 65.7 Å². The van der Waals surface area contributed by atoms with Crippen molar-refractivity contribution in [3.05, 3.63) is 95.1 Å². The molecule has 5 rings (SSSR count). The van der Waals surface area contributed by atoms with Crippen LogP contribution in [0.25, 0.3) is 0 Å². The Hall–Kier alpha value is -3.31. The number of fused-ring (bicyclic) bond motifs is 1. The van der Waals surface area contributed by atoms with Gasteiger partial charge in [0.05, 0.1) is 5.92 Å². The second-order valence-corrected chi connectivity index (χ2v) is 9.21. The Labute approximate surface area is 201 Å². The minimum Gasteiger partial charge on any atom is -0.454 e. The van der Waals surface area contributed by atoms with Crippen LogP contribution >= 0.6 is 0 Å². The normalized spacial score (nSPS) is 19.7. The summed E-state index contributed by atoms with van der Waals surface area (Å²) in [5.74, 6) is 1.60. The molecule has 1 N–H and O–H groups in total. The van der Waals surface area contributed by atoms with E-state index in [9.17, 15) is 4.79 Å². The van der Waals surface area contributed by atoms with E-state index in [4.69, 9.17) is 9.47 Å². The summed E-state index contributed by atoms with van der Waals surface area (Å²) in [6.07, 6.45) is 2.91. The Morgan fingerprint density at radius 3 is 2.47 bits per heavy atom. The van der Waals surface area contributed by atoms with E-state index in [0.717, 1.165) is 49.4 Å². The Morgan fingerprint density at radius 2 is 1.68 bits per heavy atom. The van der Waals surface area contributed by atoms with Crippen molar-refractivity contribution in [2.75, 3.05) is 13.3 Å². The number of carbonyl (C=O) groups is 1. The molecule has 1 saturated heterocycles. The highest BCUT2D eigenvalue weighted by Gasteiger charge is 2.32. The van der Waals surface area contributed by atoms with E-state index >= 15 is 0 Å². The van der Waals surface area contributed by atoms with Crippen LogP contribution in [-0.4, -0.2) is 24.1 Å². The number of hydrogen-bond acceptors (Lipinski definition) is 4. The van der Waals surface area contributed by atoms with Gasteiger partial charge >= 0.3 is 0 Å². The molecule has 1 amide bonds. The number of amides is 1. The number of hydrogen-bond donors (Lipinski definition) is 1. The van der Waals surface area contributed by atoms with Gasteiger partial charge in [-0.05, 0) is 53.6 Å². The lowest BCUT2D eigenvalue weighted by Crippen LogP contribution is -2.44. The van der Waals surface area contributed by atoms with Gasteiger partial charge in [-0.2, -0.15) is 0 Å². The van der Waals surface area contributed by atoms with Crippen LogP contribution in [0, 0.1) is 5.92 Å². The van der Waals surface area contributed by atoms with E-state index in [-0.39, 0.29) is 18.6 Å². The Bertz CT molecular complexity index is 1110. The van der Waals surface area contributed by atoms with Crippen molar-refractivity contribution in [1.82, 2.24) is 10.2 Å². The third-order valence-electron chi connectivity index (χ3n) is 6.96. The molecule has 0 aliphatic carbocycles. The van der Waals surface area contributed by atoms with Gasteiger partial charge in [0.25, 0.3) is 0 Å². The third-order valence-corrected chi connectivity index (χ3v) is 6.96. The van der Waals surface area contributed by atoms with Gasteiger partial charge in [-0.1, -0.05) is 67.6 Å². The fraction of sp³-hybridized carbons (Fsp3) is 0.345. The molecule has 3 aromatic rings. The van der Waals surface area contributed by atoms with Crippen LogP contribution in [-0.2, 0) is 24.3 Å². The van der Waals surface area contributed by atoms with Crippen molar-refractivity contribution < 1.29 is 14.3 Å². The molecule has 3 aromatic carbocycles. The molecule has 2 atom stereocenters. The number of benzene rings is 3. The Kier molecular flexibility index (Phi) is 6.82. The summed E-state index contributed by atoms with van der Waals surface area (Å²) in [7, 11) is 0. The maximum atomic E-state index is 13.1. The lowest BCUT2D eigenvalue weighted by molar-refractivity contribution is -0.127. The number of piperidine rings is 1. The third kappa shape index (κ3) is 5.10. The molecule has 0 spiro atoms. The highest BCUT2D eigenvalue weighted by atomic mass is 16.7. The van der Waals surface area contributed by atoms with Gasteiger partial charge in [0.15, 0.2) is 11.5 Å². The van der Waals surface area contributed by atoms with Crippen molar-refractivity contribution in [2.24, 2.45) is 5.92 Å². The van der Waals surface area contributed by atoms with Gasteiger partial charge in [0.2, 0.25) is 12.7 Å². The van der Waals surface area contributed by atoms with Gasteiger partial charge in [0, 0.05) is 25.7 Å². The number of carbonyl (C=O) groups excluding carboxylic acids is 1. The fourth-order valence-corrected chi connectivity index (χ4v) is 4.99. The molecule has 2 unspecified atom stereocenters. The van der Waals surface area contributed by atoms with E-state index in [0.29, 0.717) is 12.6 Å². The lowest BCUT2D eigenvalue weighted by Gasteiger charge is -2.39. The van der Waals surface area contributed by atoms with Crippen LogP contribution < -0.4 is 14.8 Å². The summed E-state index contributed by atoms with van der Waals surface area (Å²) in [6, 6.07) is 25.7. The number of aryl methyl sites for hydroxylation is 1. The molecule has 0 aromatic heterocycles. The van der Waals surface area contributed by atoms with Crippen molar-refractivity contribution in [3.63, 3.8) is 0 Å². The molecule has 0 bridgehead atoms. The standard InChI is InChI=1S/C29H32N2O3/c1-2-21-8-11-24(12-9-21)26-14-13-25(19-31(26)18-22-6-4-3-5-7-22)29(32)30-17-23-10-15-27-28(16-23)34-20-33-27/h3-12,15-16,25-26H,2,13-14,17-20H2,1H3,(H,30,32). The summed E-state index contributed by atoms with van der Waals surface area (Å²) < 4.78 is 10.8. The average Bonchev–Trinajstić information content (AvgIpc) is 3.36. The van der Waals surface area contributed by atoms with E-state index in [1.54, 1.807) is 0 Å². The second-order valence-electron chi connectivity index (χ2n) is 9.21. The molecule has 2 heterocycles. The molecule has 2 aliphatic rings. The highest BCUT2D eigenvalue weighted by Crippen LogP contribution is 2.35. The molecule has 1 fully saturated rings. The number of nitrogens with one attached hydrogen (secondary N) is 1. The first-order valence-electron chi connectivity index (χ1n) is 12.2. The van der Waals surface area contributed by atoms with Crippen LogP contribution in [0.4, 0.5) is 0 Å². The van der Waals surface area contributed by atoms with Crippen LogP contribution in [0.1, 0.15) is 48.1 Å². The number of rotatable bonds is 7. The van der Waals surface area contributed by atoms with Crippen molar-refractivity contribution in [3.8, 4) is 11.5 Å². The van der Waals surface area contributed by atoms with Crippen molar-refractivity contribution >= 4 is 5.91 Å². The van der Waals surface area contributed by atoms with E-state index in [1.807, 2.05) is 24.3 Å². The summed E-state index contributed by atoms with van der Waals surface area (Å²) in [4.78, 5) is 15.6. The number of nitrogens with zero attached hydrogens (tertiary/aromatic N) is 1. The smallest absolute Gasteiger partial charge is 0.231 e. The minimum absolute atomic E-state index is 0.0242. The first-order valence-corrected chi connectivity index (χ1v) is 12.2. The molecule has 0 saturated carbocycles. The van der Waals surface area contributed by atoms with Gasteiger partial charge in [-0.3, -0.25) is 9.69 Å². The maximum absolute atomic E-state index is 13.1. The van der Waals surface area contributed by atoms with Crippen LogP contribution in [0.2, 0.25) is 0 Å². The largest absolute Gasteiger partial charge is 0.454 e. The van der Waals surface area contributed by atoms with Crippen LogP contribution in [0.3, 0.4) is 0 Å². The topological polar surface area (TPSA) is 50.8 Å². The van der Waals surface area contributed by atoms with Crippen LogP contribution in [0.5, 0.6) is 11.5 Å². The predicted octanol–water partition coefficient (Wildman–Crippen LogP) is 5.25. The molecule has 2 aliphatic heterocycles. The molecular weight excluding hydrogens is 424 g/mol. The summed E-state index contributed by atoms with van der Waals surface area (Å²) in [6.45, 7) is 4.53. The second kappa shape index (κ2) is 10.3. The maximum Gasteiger partial charge on any atom is 0.231 e. The molecule has 5 nitrogen and oxygen atoms in total. The zero-order valence-electron chi connectivity index (χ0n) is 19.7. The van der Waals surface area contributed by atoms with Gasteiger partial charge < -0.3 is 14.8 Å². The predicted molar refractivity (Wildman–Crippen MR) is 133 cm³/mol. The Balaban J connectivity index is 1.27. The lowest BCUT2D eigenvalue weighted by atomic mass is 9.87. The first-order chi connectivity index (χ1) is 16.7. The number of ether oxygens (including phenoxy) is 2. The van der Waals surface area contributed by atoms with Crippen molar-refractivity contribution in [1.29, 1.82) is 0 Å². The number of likely N-dealkylation sites (tertiary alicyclic amines) is 1. The summed E-state index contributed by atoms with van der Waals surface area (Å²) >= 11 is 0. The van der Waals surface area contributed by atoms with E-state index in [1.165, 1.54) is 16.7 Å². The molecule has 5 heteroatoms. The molecular formula is C29H32N2O3. The molecule has 34 heavy (non-hydrogen) atoms. The zero-order chi connectivity index (χ0) is 23.3. The monoisotopic (exact) mass is 456 g/mol. The van der Waals surface area contributed by atoms with Gasteiger partial charge in [-0.25, -0.2) is 0 Å². The SMILES string of the molecule is CCc1ccc(C2CCC(C(=O)NCc3ccc4c(c3)OCO4)CN2Cc2ccccc2)cc1. The molecule has 176 valence electrons. The van der Waals surface area contributed by atoms with E-state index < -0.39 is 0 Å². The van der Waals surface area contributed by atoms with Gasteiger partial charge in [0.1, 0.15) is 0 Å². The zero-order valence-corrected chi connectivity index (χ0v) is 19.7. The highest BCUT2D eigenvalue weighted by molar-refractivity contribution is 5.79.